The van der Waals surface area contributed by atoms with E-state index >= 15 is 0 Å². The van der Waals surface area contributed by atoms with Crippen LogP contribution in [0, 0.1) is 0 Å². The third-order valence-corrected chi connectivity index (χ3v) is 4.57. The van der Waals surface area contributed by atoms with Crippen molar-refractivity contribution in [3.63, 3.8) is 0 Å². The fourth-order valence-corrected chi connectivity index (χ4v) is 3.34. The molecule has 0 atom stereocenters. The Bertz CT molecular complexity index is 1080. The molecule has 26 heavy (non-hydrogen) atoms. The molecule has 0 saturated heterocycles. The van der Waals surface area contributed by atoms with Gasteiger partial charge in [-0.3, -0.25) is 9.78 Å². The Labute approximate surface area is 151 Å². The topological polar surface area (TPSA) is 59.8 Å². The fraction of sp³-hybridized carbons (Fsp3) is 0.190. The molecule has 0 saturated carbocycles. The second-order valence-corrected chi connectivity index (χ2v) is 6.15. The van der Waals surface area contributed by atoms with E-state index in [1.165, 1.54) is 0 Å². The highest BCUT2D eigenvalue weighted by atomic mass is 16.1. The number of benzene rings is 2. The molecule has 2 heterocycles. The molecule has 4 aromatic rings. The SMILES string of the molecule is CCn1c(CCNC(=O)c2nccc3ccccc23)nc2ccccc21. The summed E-state index contributed by atoms with van der Waals surface area (Å²) in [4.78, 5) is 21.5. The van der Waals surface area contributed by atoms with Crippen molar-refractivity contribution >= 4 is 27.7 Å². The van der Waals surface area contributed by atoms with Crippen molar-refractivity contribution in [3.8, 4) is 0 Å². The van der Waals surface area contributed by atoms with E-state index in [1.807, 2.05) is 48.5 Å². The van der Waals surface area contributed by atoms with Gasteiger partial charge in [-0.25, -0.2) is 4.98 Å². The standard InChI is InChI=1S/C21H20N4O/c1-2-25-18-10-6-5-9-17(18)24-19(25)12-14-23-21(26)20-16-8-4-3-7-15(16)11-13-22-20/h3-11,13H,2,12,14H2,1H3,(H,23,26). The second kappa shape index (κ2) is 6.96. The first kappa shape index (κ1) is 16.3. The maximum absolute atomic E-state index is 12.6. The third-order valence-electron chi connectivity index (χ3n) is 4.57. The minimum Gasteiger partial charge on any atom is -0.350 e. The lowest BCUT2D eigenvalue weighted by atomic mass is 10.1. The lowest BCUT2D eigenvalue weighted by Crippen LogP contribution is -2.27. The molecule has 0 unspecified atom stereocenters. The molecule has 0 aliphatic rings. The third kappa shape index (κ3) is 2.92. The van der Waals surface area contributed by atoms with E-state index in [0.717, 1.165) is 34.2 Å². The number of carbonyl (C=O) groups is 1. The van der Waals surface area contributed by atoms with E-state index in [2.05, 4.69) is 27.9 Å². The molecule has 1 amide bonds. The first-order chi connectivity index (χ1) is 12.8. The number of aryl methyl sites for hydroxylation is 1. The minimum atomic E-state index is -0.152. The molecule has 4 rings (SSSR count). The van der Waals surface area contributed by atoms with Gasteiger partial charge < -0.3 is 9.88 Å². The number of nitrogens with zero attached hydrogens (tertiary/aromatic N) is 3. The van der Waals surface area contributed by atoms with Gasteiger partial charge in [-0.2, -0.15) is 0 Å². The van der Waals surface area contributed by atoms with Crippen LogP contribution in [0.1, 0.15) is 23.2 Å². The fourth-order valence-electron chi connectivity index (χ4n) is 3.34. The van der Waals surface area contributed by atoms with Crippen molar-refractivity contribution in [3.05, 3.63) is 72.3 Å². The van der Waals surface area contributed by atoms with E-state index < -0.39 is 0 Å². The molecule has 5 heteroatoms. The predicted molar refractivity (Wildman–Crippen MR) is 103 cm³/mol. The summed E-state index contributed by atoms with van der Waals surface area (Å²) < 4.78 is 2.19. The van der Waals surface area contributed by atoms with E-state index in [-0.39, 0.29) is 5.91 Å². The van der Waals surface area contributed by atoms with Crippen LogP contribution in [-0.2, 0) is 13.0 Å². The van der Waals surface area contributed by atoms with E-state index in [1.54, 1.807) is 6.20 Å². The van der Waals surface area contributed by atoms with Gasteiger partial charge in [0.1, 0.15) is 11.5 Å². The van der Waals surface area contributed by atoms with Crippen molar-refractivity contribution in [1.82, 2.24) is 19.9 Å². The number of amides is 1. The van der Waals surface area contributed by atoms with Gasteiger partial charge in [0.2, 0.25) is 0 Å². The number of imidazole rings is 1. The van der Waals surface area contributed by atoms with Gasteiger partial charge in [0, 0.05) is 31.1 Å². The summed E-state index contributed by atoms with van der Waals surface area (Å²) in [6.07, 6.45) is 2.35. The molecule has 0 bridgehead atoms. The summed E-state index contributed by atoms with van der Waals surface area (Å²) >= 11 is 0. The summed E-state index contributed by atoms with van der Waals surface area (Å²) in [5, 5.41) is 4.86. The van der Waals surface area contributed by atoms with Crippen LogP contribution in [0.5, 0.6) is 0 Å². The summed E-state index contributed by atoms with van der Waals surface area (Å²) in [6, 6.07) is 17.8. The molecule has 5 nitrogen and oxygen atoms in total. The average molecular weight is 344 g/mol. The van der Waals surface area contributed by atoms with Crippen LogP contribution in [0.4, 0.5) is 0 Å². The Balaban J connectivity index is 1.50. The quantitative estimate of drug-likeness (QED) is 0.602. The van der Waals surface area contributed by atoms with Crippen LogP contribution < -0.4 is 5.32 Å². The largest absolute Gasteiger partial charge is 0.350 e. The van der Waals surface area contributed by atoms with Gasteiger partial charge in [-0.1, -0.05) is 36.4 Å². The number of nitrogens with one attached hydrogen (secondary N) is 1. The van der Waals surface area contributed by atoms with Crippen molar-refractivity contribution in [1.29, 1.82) is 0 Å². The van der Waals surface area contributed by atoms with Crippen LogP contribution in [0.25, 0.3) is 21.8 Å². The predicted octanol–water partition coefficient (Wildman–Crippen LogP) is 3.58. The number of pyridine rings is 1. The van der Waals surface area contributed by atoms with Gasteiger partial charge in [0.05, 0.1) is 11.0 Å². The van der Waals surface area contributed by atoms with E-state index in [0.29, 0.717) is 18.7 Å². The monoisotopic (exact) mass is 344 g/mol. The number of aromatic nitrogens is 3. The highest BCUT2D eigenvalue weighted by Crippen LogP contribution is 2.17. The smallest absolute Gasteiger partial charge is 0.270 e. The van der Waals surface area contributed by atoms with Gasteiger partial charge in [-0.15, -0.1) is 0 Å². The van der Waals surface area contributed by atoms with Crippen LogP contribution >= 0.6 is 0 Å². The van der Waals surface area contributed by atoms with Crippen molar-refractivity contribution in [2.45, 2.75) is 19.9 Å². The zero-order valence-electron chi connectivity index (χ0n) is 14.6. The summed E-state index contributed by atoms with van der Waals surface area (Å²) in [7, 11) is 0. The Morgan fingerprint density at radius 2 is 1.88 bits per heavy atom. The zero-order valence-corrected chi connectivity index (χ0v) is 14.6. The summed E-state index contributed by atoms with van der Waals surface area (Å²) in [5.41, 5.74) is 2.59. The molecule has 2 aromatic carbocycles. The number of rotatable bonds is 5. The first-order valence-electron chi connectivity index (χ1n) is 8.84. The van der Waals surface area contributed by atoms with Crippen molar-refractivity contribution in [2.24, 2.45) is 0 Å². The Kier molecular flexibility index (Phi) is 4.35. The Hall–Kier alpha value is -3.21. The van der Waals surface area contributed by atoms with Gasteiger partial charge in [-0.05, 0) is 30.5 Å². The Morgan fingerprint density at radius 3 is 2.77 bits per heavy atom. The second-order valence-electron chi connectivity index (χ2n) is 6.15. The van der Waals surface area contributed by atoms with E-state index in [9.17, 15) is 4.79 Å². The lowest BCUT2D eigenvalue weighted by Gasteiger charge is -2.08. The molecular formula is C21H20N4O. The minimum absolute atomic E-state index is 0.152. The number of hydrogen-bond acceptors (Lipinski definition) is 3. The van der Waals surface area contributed by atoms with E-state index in [4.69, 9.17) is 4.98 Å². The van der Waals surface area contributed by atoms with Crippen molar-refractivity contribution in [2.75, 3.05) is 6.54 Å². The average Bonchev–Trinajstić information content (AvgIpc) is 3.04. The number of fused-ring (bicyclic) bond motifs is 2. The molecular weight excluding hydrogens is 324 g/mol. The molecule has 2 aromatic heterocycles. The summed E-state index contributed by atoms with van der Waals surface area (Å²) in [6.45, 7) is 3.48. The van der Waals surface area contributed by atoms with Crippen LogP contribution in [0.2, 0.25) is 0 Å². The Morgan fingerprint density at radius 1 is 1.08 bits per heavy atom. The first-order valence-corrected chi connectivity index (χ1v) is 8.84. The number of carbonyl (C=O) groups excluding carboxylic acids is 1. The molecule has 0 aliphatic heterocycles. The lowest BCUT2D eigenvalue weighted by molar-refractivity contribution is 0.0951. The summed E-state index contributed by atoms with van der Waals surface area (Å²) in [5.74, 6) is 0.834. The highest BCUT2D eigenvalue weighted by Gasteiger charge is 2.13. The highest BCUT2D eigenvalue weighted by molar-refractivity contribution is 6.05. The maximum atomic E-state index is 12.6. The maximum Gasteiger partial charge on any atom is 0.270 e. The number of para-hydroxylation sites is 2. The molecule has 0 radical (unpaired) electrons. The van der Waals surface area contributed by atoms with Crippen molar-refractivity contribution < 1.29 is 4.79 Å². The molecule has 1 N–H and O–H groups in total. The molecule has 130 valence electrons. The van der Waals surface area contributed by atoms with Gasteiger partial charge in [0.25, 0.3) is 5.91 Å². The zero-order chi connectivity index (χ0) is 17.9. The molecule has 0 fully saturated rings. The van der Waals surface area contributed by atoms with Crippen LogP contribution in [-0.4, -0.2) is 27.0 Å². The normalized spacial score (nSPS) is 11.1. The van der Waals surface area contributed by atoms with Crippen LogP contribution in [0.3, 0.4) is 0 Å². The number of hydrogen-bond donors (Lipinski definition) is 1. The van der Waals surface area contributed by atoms with Gasteiger partial charge in [0.15, 0.2) is 0 Å². The van der Waals surface area contributed by atoms with Crippen LogP contribution in [0.15, 0.2) is 60.8 Å². The molecule has 0 aliphatic carbocycles. The van der Waals surface area contributed by atoms with Gasteiger partial charge >= 0.3 is 0 Å². The molecule has 0 spiro atoms.